The molecule has 1 aromatic carbocycles. The number of H-pyrrole nitrogens is 2. The molecule has 0 saturated carbocycles. The Bertz CT molecular complexity index is 3010. The van der Waals surface area contributed by atoms with Gasteiger partial charge in [-0.1, -0.05) is 67.5 Å². The van der Waals surface area contributed by atoms with Crippen LogP contribution in [0, 0.1) is 11.8 Å². The van der Waals surface area contributed by atoms with E-state index in [0.717, 1.165) is 21.6 Å². The molecule has 1 aliphatic heterocycles. The Morgan fingerprint density at radius 2 is 1.20 bits per heavy atom. The fourth-order valence-electron chi connectivity index (χ4n) is 8.62. The number of hydrogen-bond donors (Lipinski definition) is 18. The smallest absolute Gasteiger partial charge is 0.327 e. The van der Waals surface area contributed by atoms with Crippen molar-refractivity contribution in [2.24, 2.45) is 39.8 Å². The number of aliphatic carboxylic acids is 2. The Hall–Kier alpha value is -8.99. The number of aromatic amines is 2. The third-order valence-electron chi connectivity index (χ3n) is 13.5. The van der Waals surface area contributed by atoms with E-state index in [9.17, 15) is 72.5 Å². The number of imidazole rings is 1. The number of carboxylic acid groups (broad SMARTS) is 2. The molecule has 0 radical (unpaired) electrons. The highest BCUT2D eigenvalue weighted by Gasteiger charge is 2.37. The number of fused-ring (bicyclic) bond motifs is 1. The number of guanidine groups is 1. The van der Waals surface area contributed by atoms with Crippen molar-refractivity contribution >= 4 is 115 Å². The zero-order valence-corrected chi connectivity index (χ0v) is 50.6. The second-order valence-electron chi connectivity index (χ2n) is 21.2. The topological polar surface area (TPSA) is 544 Å². The van der Waals surface area contributed by atoms with Crippen LogP contribution >= 0.6 is 21.6 Å². The van der Waals surface area contributed by atoms with Crippen molar-refractivity contribution in [3.05, 3.63) is 54.2 Å². The van der Waals surface area contributed by atoms with E-state index in [-0.39, 0.29) is 49.7 Å². The Morgan fingerprint density at radius 1 is 0.648 bits per heavy atom. The number of carbonyl (C=O) groups excluding carboxylic acids is 11. The predicted octanol–water partition coefficient (Wildman–Crippen LogP) is -4.91. The van der Waals surface area contributed by atoms with Crippen molar-refractivity contribution in [1.82, 2.24) is 68.1 Å². The summed E-state index contributed by atoms with van der Waals surface area (Å²) in [6.45, 7) is 6.69. The molecule has 2 aromatic heterocycles. The zero-order chi connectivity index (χ0) is 65.4. The first-order valence-corrected chi connectivity index (χ1v) is 30.3. The first-order valence-electron chi connectivity index (χ1n) is 27.8. The average Bonchev–Trinajstić information content (AvgIpc) is 4.34. The van der Waals surface area contributed by atoms with Crippen LogP contribution in [0.3, 0.4) is 0 Å². The molecule has 22 N–H and O–H groups in total. The average molecular weight is 1270 g/mol. The summed E-state index contributed by atoms with van der Waals surface area (Å²) in [7, 11) is 1.87. The van der Waals surface area contributed by atoms with Gasteiger partial charge in [-0.05, 0) is 49.7 Å². The molecule has 1 aliphatic rings. The number of rotatable bonds is 16. The van der Waals surface area contributed by atoms with E-state index in [1.54, 1.807) is 58.2 Å². The highest BCUT2D eigenvalue weighted by atomic mass is 33.1. The molecule has 1 saturated heterocycles. The van der Waals surface area contributed by atoms with Crippen molar-refractivity contribution in [2.75, 3.05) is 24.6 Å². The van der Waals surface area contributed by atoms with Crippen molar-refractivity contribution in [3.8, 4) is 0 Å². The lowest BCUT2D eigenvalue weighted by molar-refractivity contribution is -0.142. The van der Waals surface area contributed by atoms with E-state index in [1.807, 2.05) is 0 Å². The number of nitrogens with two attached hydrogens (primary N) is 4. The lowest BCUT2D eigenvalue weighted by Crippen LogP contribution is -2.61. The van der Waals surface area contributed by atoms with E-state index in [0.29, 0.717) is 22.2 Å². The number of aliphatic imine (C=N–C) groups is 1. The molecule has 1 fully saturated rings. The van der Waals surface area contributed by atoms with E-state index in [2.05, 4.69) is 73.1 Å². The fraction of sp³-hybridized carbons (Fsp3) is 0.528. The lowest BCUT2D eigenvalue weighted by atomic mass is 9.98. The minimum absolute atomic E-state index is 0.0116. The summed E-state index contributed by atoms with van der Waals surface area (Å²) in [6.07, 6.45) is 1.51. The summed E-state index contributed by atoms with van der Waals surface area (Å²) in [5.41, 5.74) is 24.0. The normalized spacial score (nSPS) is 24.5. The highest BCUT2D eigenvalue weighted by molar-refractivity contribution is 8.76. The Kier molecular flexibility index (Phi) is 28.4. The van der Waals surface area contributed by atoms with Gasteiger partial charge in [-0.15, -0.1) is 0 Å². The van der Waals surface area contributed by atoms with Gasteiger partial charge >= 0.3 is 11.9 Å². The maximum absolute atomic E-state index is 14.2. The van der Waals surface area contributed by atoms with Gasteiger partial charge in [0.2, 0.25) is 65.0 Å². The Morgan fingerprint density at radius 3 is 1.83 bits per heavy atom. The molecule has 0 unspecified atom stereocenters. The fourth-order valence-corrected chi connectivity index (χ4v) is 10.9. The van der Waals surface area contributed by atoms with Gasteiger partial charge in [-0.3, -0.25) is 62.5 Å². The minimum atomic E-state index is -1.97. The number of nitrogens with zero attached hydrogens (tertiary/aromatic N) is 2. The third-order valence-corrected chi connectivity index (χ3v) is 15.9. The molecule has 0 bridgehead atoms. The van der Waals surface area contributed by atoms with Crippen molar-refractivity contribution in [2.45, 2.75) is 140 Å². The first kappa shape index (κ1) is 71.5. The predicted molar refractivity (Wildman–Crippen MR) is 321 cm³/mol. The van der Waals surface area contributed by atoms with E-state index < -0.39 is 175 Å². The number of nitrogens with one attached hydrogen (secondary N) is 12. The molecule has 3 heterocycles. The van der Waals surface area contributed by atoms with Crippen molar-refractivity contribution < 1.29 is 72.5 Å². The molecule has 88 heavy (non-hydrogen) atoms. The Balaban J connectivity index is 1.74. The van der Waals surface area contributed by atoms with Gasteiger partial charge in [0.25, 0.3) is 0 Å². The van der Waals surface area contributed by atoms with Gasteiger partial charge in [0.1, 0.15) is 54.4 Å². The summed E-state index contributed by atoms with van der Waals surface area (Å²) >= 11 is 0. The molecule has 0 aliphatic carbocycles. The number of benzene rings is 1. The number of aromatic nitrogens is 3. The van der Waals surface area contributed by atoms with Crippen molar-refractivity contribution in [1.29, 1.82) is 0 Å². The van der Waals surface area contributed by atoms with Gasteiger partial charge in [0.15, 0.2) is 5.96 Å². The van der Waals surface area contributed by atoms with Crippen LogP contribution < -0.4 is 76.1 Å². The first-order chi connectivity index (χ1) is 41.5. The third kappa shape index (κ3) is 23.4. The summed E-state index contributed by atoms with van der Waals surface area (Å²) < 4.78 is 0. The quantitative estimate of drug-likeness (QED) is 0.0277. The molecule has 3 aromatic rings. The largest absolute Gasteiger partial charge is 0.481 e. The van der Waals surface area contributed by atoms with Crippen LogP contribution in [-0.4, -0.2) is 193 Å². The molecule has 33 nitrogen and oxygen atoms in total. The van der Waals surface area contributed by atoms with Crippen molar-refractivity contribution in [3.63, 3.8) is 0 Å². The van der Waals surface area contributed by atoms with Crippen LogP contribution in [0.2, 0.25) is 0 Å². The lowest BCUT2D eigenvalue weighted by Gasteiger charge is -2.29. The number of primary amides is 1. The minimum Gasteiger partial charge on any atom is -0.481 e. The van der Waals surface area contributed by atoms with Crippen LogP contribution in [0.5, 0.6) is 0 Å². The molecule has 0 spiro atoms. The summed E-state index contributed by atoms with van der Waals surface area (Å²) in [6, 6.07) is -8.40. The number of carboxylic acids is 2. The number of hydrogen-bond acceptors (Lipinski definition) is 18. The highest BCUT2D eigenvalue weighted by Crippen LogP contribution is 2.24. The summed E-state index contributed by atoms with van der Waals surface area (Å²) in [5, 5.41) is 45.4. The molecule has 4 rings (SSSR count). The molecule has 11 amide bonds. The number of amides is 11. The van der Waals surface area contributed by atoms with Crippen LogP contribution in [0.1, 0.15) is 78.0 Å². The zero-order valence-electron chi connectivity index (χ0n) is 49.0. The monoisotopic (exact) mass is 1270 g/mol. The van der Waals surface area contributed by atoms with E-state index >= 15 is 0 Å². The molecule has 482 valence electrons. The molecule has 35 heteroatoms. The molecule has 10 atom stereocenters. The summed E-state index contributed by atoms with van der Waals surface area (Å²) in [4.78, 5) is 190. The second kappa shape index (κ2) is 35.0. The number of carbonyl (C=O) groups is 13. The SMILES string of the molecule is CC(C)[C@@H]1NC(=O)[C@H](C(C)C)NC(=O)[C@@H](N)CSSC[C@@H](C(=O)O)NC(=O)[C@H](CCCN=C(N)N)NC(=O)[C@H](Cc2cnc[nH]2)NC(=O)[C@H](C)NC(=O)CNC(=O)[C@H](Cc2c[nH]c3ccccc23)NC(=O)[C@H](CC(=O)O)NC(=O)[C@H](CCC(N)=O)NC1=O. The van der Waals surface area contributed by atoms with Gasteiger partial charge in [0, 0.05) is 66.3 Å². The van der Waals surface area contributed by atoms with Crippen LogP contribution in [-0.2, 0) is 75.2 Å². The van der Waals surface area contributed by atoms with E-state index in [4.69, 9.17) is 22.9 Å². The summed E-state index contributed by atoms with van der Waals surface area (Å²) in [5.74, 6) is -15.9. The second-order valence-corrected chi connectivity index (χ2v) is 23.8. The Labute approximate surface area is 512 Å². The van der Waals surface area contributed by atoms with Gasteiger partial charge in [-0.2, -0.15) is 0 Å². The van der Waals surface area contributed by atoms with Crippen LogP contribution in [0.4, 0.5) is 0 Å². The maximum atomic E-state index is 14.2. The molecular formula is C53H78N18O15S2. The van der Waals surface area contributed by atoms with Gasteiger partial charge in [-0.25, -0.2) is 9.78 Å². The van der Waals surface area contributed by atoms with Gasteiger partial charge < -0.3 is 96.3 Å². The maximum Gasteiger partial charge on any atom is 0.327 e. The van der Waals surface area contributed by atoms with Crippen LogP contribution in [0.15, 0.2) is 48.0 Å². The van der Waals surface area contributed by atoms with Gasteiger partial charge in [0.05, 0.1) is 25.3 Å². The van der Waals surface area contributed by atoms with Crippen LogP contribution in [0.25, 0.3) is 10.9 Å². The van der Waals surface area contributed by atoms with E-state index in [1.165, 1.54) is 19.4 Å². The molecular weight excluding hydrogens is 1190 g/mol. The number of para-hydroxylation sites is 1. The standard InChI is InChI=1S/C53H78N18O15S2/c1-24(2)41-50(83)65-33(12-13-38(55)72)47(80)68-36(17-40(74)75)49(82)67-34(15-27-18-60-31-10-7-6-9-29(27)31)45(78)61-20-39(73)63-26(5)43(76)66-35(16-28-19-58-23-62-28)48(81)64-32(11-8-14-59-53(56)57)46(79)69-37(52(85)86)22-88-87-21-30(54)44(77)70-42(25(3)4)51(84)71-41/h6-7,9-10,18-19,23-26,30,32-37,41-42,60H,8,11-17,20-22,54H2,1-5H3,(H2,55,72)(H,58,62)(H,61,78)(H,63,73)(H,64,81)(H,65,83)(H,66,76)(H,67,82)(H,68,80)(H,69,79)(H,70,77)(H,71,84)(H,74,75)(H,85,86)(H4,56,57,59)/t26-,30-,32-,33-,34-,35-,36-,37-,41-,42-/m0/s1.